The molecule has 0 aliphatic heterocycles. The second-order valence-electron chi connectivity index (χ2n) is 5.28. The average molecular weight is 261 g/mol. The van der Waals surface area contributed by atoms with Crippen molar-refractivity contribution in [1.82, 2.24) is 5.32 Å². The van der Waals surface area contributed by atoms with Crippen molar-refractivity contribution in [2.24, 2.45) is 5.92 Å². The minimum absolute atomic E-state index is 0.0130. The first-order valence-electron chi connectivity index (χ1n) is 6.62. The largest absolute Gasteiger partial charge is 0.481 e. The molecular weight excluding hydrogens is 242 g/mol. The number of aliphatic carboxylic acids is 1. The molecule has 1 aromatic rings. The summed E-state index contributed by atoms with van der Waals surface area (Å²) in [5.41, 5.74) is 2.15. The van der Waals surface area contributed by atoms with Gasteiger partial charge in [0.1, 0.15) is 0 Å². The van der Waals surface area contributed by atoms with Crippen molar-refractivity contribution in [3.05, 3.63) is 35.4 Å². The van der Waals surface area contributed by atoms with Gasteiger partial charge in [-0.25, -0.2) is 0 Å². The number of carboxylic acid groups (broad SMARTS) is 1. The SMILES string of the molecule is Cc1ccc(CC(=O)N[C@H]2CC[C@@H](C(=O)O)C2)cc1. The van der Waals surface area contributed by atoms with Gasteiger partial charge in [-0.1, -0.05) is 29.8 Å². The number of amides is 1. The van der Waals surface area contributed by atoms with Crippen LogP contribution in [0.3, 0.4) is 0 Å². The second-order valence-corrected chi connectivity index (χ2v) is 5.28. The van der Waals surface area contributed by atoms with Crippen LogP contribution in [0.1, 0.15) is 30.4 Å². The topological polar surface area (TPSA) is 66.4 Å². The Morgan fingerprint density at radius 1 is 1.26 bits per heavy atom. The maximum atomic E-state index is 11.9. The molecule has 0 heterocycles. The van der Waals surface area contributed by atoms with Gasteiger partial charge in [0.25, 0.3) is 0 Å². The Balaban J connectivity index is 1.82. The molecule has 0 bridgehead atoms. The lowest BCUT2D eigenvalue weighted by Crippen LogP contribution is -2.34. The van der Waals surface area contributed by atoms with Crippen LogP contribution in [0.5, 0.6) is 0 Å². The minimum atomic E-state index is -0.754. The number of hydrogen-bond acceptors (Lipinski definition) is 2. The Labute approximate surface area is 112 Å². The lowest BCUT2D eigenvalue weighted by atomic mass is 10.1. The molecule has 0 spiro atoms. The highest BCUT2D eigenvalue weighted by atomic mass is 16.4. The molecule has 2 rings (SSSR count). The predicted octanol–water partition coefficient (Wildman–Crippen LogP) is 1.91. The van der Waals surface area contributed by atoms with Crippen LogP contribution in [-0.4, -0.2) is 23.0 Å². The fourth-order valence-electron chi connectivity index (χ4n) is 2.51. The highest BCUT2D eigenvalue weighted by molar-refractivity contribution is 5.79. The molecule has 1 amide bonds. The summed E-state index contributed by atoms with van der Waals surface area (Å²) in [5.74, 6) is -1.08. The quantitative estimate of drug-likeness (QED) is 0.870. The third kappa shape index (κ3) is 3.81. The number of hydrogen-bond donors (Lipinski definition) is 2. The Morgan fingerprint density at radius 3 is 2.53 bits per heavy atom. The van der Waals surface area contributed by atoms with Crippen LogP contribution < -0.4 is 5.32 Å². The lowest BCUT2D eigenvalue weighted by Gasteiger charge is -2.12. The van der Waals surface area contributed by atoms with Gasteiger partial charge in [0.2, 0.25) is 5.91 Å². The zero-order valence-corrected chi connectivity index (χ0v) is 11.1. The summed E-state index contributed by atoms with van der Waals surface area (Å²) in [6, 6.07) is 7.88. The van der Waals surface area contributed by atoms with Gasteiger partial charge in [-0.3, -0.25) is 9.59 Å². The van der Waals surface area contributed by atoms with E-state index in [2.05, 4.69) is 5.32 Å². The highest BCUT2D eigenvalue weighted by Crippen LogP contribution is 2.25. The van der Waals surface area contributed by atoms with Crippen LogP contribution in [0.25, 0.3) is 0 Å². The number of rotatable bonds is 4. The van der Waals surface area contributed by atoms with E-state index in [0.717, 1.165) is 12.0 Å². The zero-order valence-electron chi connectivity index (χ0n) is 11.1. The van der Waals surface area contributed by atoms with E-state index >= 15 is 0 Å². The van der Waals surface area contributed by atoms with Crippen LogP contribution in [0, 0.1) is 12.8 Å². The Kier molecular flexibility index (Phi) is 4.20. The number of aryl methyl sites for hydroxylation is 1. The summed E-state index contributed by atoms with van der Waals surface area (Å²) < 4.78 is 0. The molecule has 1 aliphatic carbocycles. The van der Waals surface area contributed by atoms with Crippen LogP contribution in [0.15, 0.2) is 24.3 Å². The van der Waals surface area contributed by atoms with Gasteiger partial charge in [-0.05, 0) is 31.7 Å². The standard InChI is InChI=1S/C15H19NO3/c1-10-2-4-11(5-3-10)8-14(17)16-13-7-6-12(9-13)15(18)19/h2-5,12-13H,6-9H2,1H3,(H,16,17)(H,18,19)/t12-,13+/m1/s1. The van der Waals surface area contributed by atoms with Gasteiger partial charge in [0, 0.05) is 6.04 Å². The molecule has 1 saturated carbocycles. The Morgan fingerprint density at radius 2 is 1.95 bits per heavy atom. The molecule has 0 unspecified atom stereocenters. The molecule has 4 nitrogen and oxygen atoms in total. The Bertz CT molecular complexity index is 467. The fourth-order valence-corrected chi connectivity index (χ4v) is 2.51. The molecule has 102 valence electrons. The first-order valence-corrected chi connectivity index (χ1v) is 6.62. The van der Waals surface area contributed by atoms with Crippen molar-refractivity contribution in [2.45, 2.75) is 38.6 Å². The molecule has 1 aromatic carbocycles. The van der Waals surface area contributed by atoms with E-state index in [1.165, 1.54) is 5.56 Å². The zero-order chi connectivity index (χ0) is 13.8. The summed E-state index contributed by atoms with van der Waals surface area (Å²) in [4.78, 5) is 22.7. The smallest absolute Gasteiger partial charge is 0.306 e. The number of carboxylic acids is 1. The maximum Gasteiger partial charge on any atom is 0.306 e. The van der Waals surface area contributed by atoms with Crippen molar-refractivity contribution in [2.75, 3.05) is 0 Å². The Hall–Kier alpha value is -1.84. The van der Waals surface area contributed by atoms with Crippen LogP contribution in [0.4, 0.5) is 0 Å². The van der Waals surface area contributed by atoms with Crippen molar-refractivity contribution >= 4 is 11.9 Å². The summed E-state index contributed by atoms with van der Waals surface area (Å²) in [6.45, 7) is 2.01. The lowest BCUT2D eigenvalue weighted by molar-refractivity contribution is -0.141. The van der Waals surface area contributed by atoms with E-state index in [4.69, 9.17) is 5.11 Å². The highest BCUT2D eigenvalue weighted by Gasteiger charge is 2.30. The third-order valence-electron chi connectivity index (χ3n) is 3.63. The van der Waals surface area contributed by atoms with Crippen molar-refractivity contribution in [1.29, 1.82) is 0 Å². The normalized spacial score (nSPS) is 22.2. The molecule has 1 fully saturated rings. The van der Waals surface area contributed by atoms with Crippen LogP contribution >= 0.6 is 0 Å². The summed E-state index contributed by atoms with van der Waals surface area (Å²) in [7, 11) is 0. The van der Waals surface area contributed by atoms with Crippen molar-refractivity contribution in [3.63, 3.8) is 0 Å². The molecule has 1 aliphatic rings. The second kappa shape index (κ2) is 5.87. The van der Waals surface area contributed by atoms with Crippen LogP contribution in [-0.2, 0) is 16.0 Å². The molecule has 0 aromatic heterocycles. The molecule has 2 atom stereocenters. The number of nitrogens with one attached hydrogen (secondary N) is 1. The number of carbonyl (C=O) groups is 2. The third-order valence-corrected chi connectivity index (χ3v) is 3.63. The molecule has 4 heteroatoms. The van der Waals surface area contributed by atoms with Gasteiger partial charge in [-0.15, -0.1) is 0 Å². The minimum Gasteiger partial charge on any atom is -0.481 e. The molecule has 19 heavy (non-hydrogen) atoms. The number of benzene rings is 1. The average Bonchev–Trinajstić information content (AvgIpc) is 2.80. The first kappa shape index (κ1) is 13.6. The van der Waals surface area contributed by atoms with Crippen molar-refractivity contribution < 1.29 is 14.7 Å². The van der Waals surface area contributed by atoms with Gasteiger partial charge >= 0.3 is 5.97 Å². The number of carbonyl (C=O) groups excluding carboxylic acids is 1. The van der Waals surface area contributed by atoms with E-state index in [-0.39, 0.29) is 17.9 Å². The summed E-state index contributed by atoms with van der Waals surface area (Å²) in [5, 5.41) is 11.8. The van der Waals surface area contributed by atoms with Gasteiger partial charge in [0.05, 0.1) is 12.3 Å². The molecular formula is C15H19NO3. The fraction of sp³-hybridized carbons (Fsp3) is 0.467. The van der Waals surface area contributed by atoms with Crippen molar-refractivity contribution in [3.8, 4) is 0 Å². The van der Waals surface area contributed by atoms with E-state index in [1.54, 1.807) is 0 Å². The maximum absolute atomic E-state index is 11.9. The molecule has 2 N–H and O–H groups in total. The summed E-state index contributed by atoms with van der Waals surface area (Å²) in [6.07, 6.45) is 2.32. The molecule has 0 radical (unpaired) electrons. The monoisotopic (exact) mass is 261 g/mol. The van der Waals surface area contributed by atoms with Gasteiger partial charge in [0.15, 0.2) is 0 Å². The van der Waals surface area contributed by atoms with E-state index in [9.17, 15) is 9.59 Å². The van der Waals surface area contributed by atoms with Gasteiger partial charge in [-0.2, -0.15) is 0 Å². The van der Waals surface area contributed by atoms with E-state index in [0.29, 0.717) is 19.3 Å². The van der Waals surface area contributed by atoms with Crippen LogP contribution in [0.2, 0.25) is 0 Å². The first-order chi connectivity index (χ1) is 9.04. The summed E-state index contributed by atoms with van der Waals surface area (Å²) >= 11 is 0. The van der Waals surface area contributed by atoms with Gasteiger partial charge < -0.3 is 10.4 Å². The molecule has 0 saturated heterocycles. The van der Waals surface area contributed by atoms with E-state index < -0.39 is 5.97 Å². The van der Waals surface area contributed by atoms with E-state index in [1.807, 2.05) is 31.2 Å². The predicted molar refractivity (Wildman–Crippen MR) is 71.8 cm³/mol.